The Bertz CT molecular complexity index is 1290. The van der Waals surface area contributed by atoms with E-state index in [1.165, 1.54) is 12.1 Å². The van der Waals surface area contributed by atoms with Crippen LogP contribution in [0.2, 0.25) is 0 Å². The summed E-state index contributed by atoms with van der Waals surface area (Å²) in [7, 11) is 0. The Balaban J connectivity index is 2.15. The number of esters is 1. The van der Waals surface area contributed by atoms with Crippen LogP contribution in [0.3, 0.4) is 0 Å². The summed E-state index contributed by atoms with van der Waals surface area (Å²) >= 11 is 0.659. The molecule has 1 aromatic heterocycles. The summed E-state index contributed by atoms with van der Waals surface area (Å²) in [6.45, 7) is 3.09. The Morgan fingerprint density at radius 3 is 2.44 bits per heavy atom. The van der Waals surface area contributed by atoms with Crippen molar-refractivity contribution in [1.82, 2.24) is 9.69 Å². The molecule has 1 heterocycles. The summed E-state index contributed by atoms with van der Waals surface area (Å²) in [6, 6.07) is 10.4. The molecule has 0 aliphatic heterocycles. The predicted molar refractivity (Wildman–Crippen MR) is 132 cm³/mol. The van der Waals surface area contributed by atoms with Crippen LogP contribution >= 0.6 is 11.5 Å². The lowest BCUT2D eigenvalue weighted by Gasteiger charge is -2.31. The van der Waals surface area contributed by atoms with Crippen LogP contribution in [0.5, 0.6) is 0 Å². The monoisotopic (exact) mass is 513 g/mol. The first kappa shape index (κ1) is 26.3. The number of hydrogen-bond donors (Lipinski definition) is 3. The van der Waals surface area contributed by atoms with Crippen LogP contribution in [-0.2, 0) is 14.3 Å². The number of hydrogen-bond acceptors (Lipinski definition) is 8. The van der Waals surface area contributed by atoms with Gasteiger partial charge in [-0.25, -0.2) is 4.39 Å². The minimum Gasteiger partial charge on any atom is -0.465 e. The molecule has 1 atom stereocenters. The van der Waals surface area contributed by atoms with E-state index in [9.17, 15) is 23.6 Å². The normalized spacial score (nSPS) is 11.4. The number of nitrogens with one attached hydrogen (secondary N) is 1. The van der Waals surface area contributed by atoms with Crippen molar-refractivity contribution in [2.24, 2.45) is 5.73 Å². The smallest absolute Gasteiger partial charge is 0.325 e. The molecular weight excluding hydrogens is 489 g/mol. The number of aryl methyl sites for hydroxylation is 1. The maximum Gasteiger partial charge on any atom is 0.325 e. The maximum atomic E-state index is 13.9. The summed E-state index contributed by atoms with van der Waals surface area (Å²) in [5, 5.41) is 2.47. The van der Waals surface area contributed by atoms with E-state index in [-0.39, 0.29) is 28.4 Å². The van der Waals surface area contributed by atoms with Gasteiger partial charge in [-0.3, -0.25) is 24.1 Å². The Labute approximate surface area is 210 Å². The molecule has 36 heavy (non-hydrogen) atoms. The van der Waals surface area contributed by atoms with Crippen LogP contribution in [0.15, 0.2) is 48.5 Å². The van der Waals surface area contributed by atoms with Crippen LogP contribution in [0.25, 0.3) is 0 Å². The molecule has 0 fully saturated rings. The van der Waals surface area contributed by atoms with Crippen molar-refractivity contribution < 1.29 is 28.3 Å². The van der Waals surface area contributed by atoms with Gasteiger partial charge in [-0.1, -0.05) is 24.3 Å². The molecule has 0 saturated heterocycles. The van der Waals surface area contributed by atoms with Crippen molar-refractivity contribution in [1.29, 1.82) is 0 Å². The van der Waals surface area contributed by atoms with Crippen molar-refractivity contribution in [3.8, 4) is 0 Å². The first-order valence-corrected chi connectivity index (χ1v) is 11.5. The highest BCUT2D eigenvalue weighted by atomic mass is 32.1. The second kappa shape index (κ2) is 11.4. The van der Waals surface area contributed by atoms with Crippen molar-refractivity contribution in [3.63, 3.8) is 0 Å². The third kappa shape index (κ3) is 5.84. The van der Waals surface area contributed by atoms with E-state index in [4.69, 9.17) is 16.2 Å². The number of nitrogens with zero attached hydrogens (tertiary/aromatic N) is 2. The number of nitrogen functional groups attached to an aromatic ring is 1. The van der Waals surface area contributed by atoms with Gasteiger partial charge in [0, 0.05) is 5.69 Å². The topological polar surface area (TPSA) is 158 Å². The van der Waals surface area contributed by atoms with Gasteiger partial charge in [0.15, 0.2) is 5.69 Å². The molecule has 0 spiro atoms. The SMILES string of the molecule is CCOC(=O)CNC(=O)[C@H](c1ccc(F)cc1)N(C(=O)c1snc(C(N)=O)c1N)c1cccc(C)c1. The van der Waals surface area contributed by atoms with Gasteiger partial charge in [-0.05, 0) is 60.8 Å². The number of anilines is 2. The van der Waals surface area contributed by atoms with Gasteiger partial charge in [0.1, 0.15) is 23.3 Å². The molecule has 0 aliphatic carbocycles. The minimum atomic E-state index is -1.35. The molecular formula is C24H24FN5O5S. The van der Waals surface area contributed by atoms with Crippen LogP contribution in [0.4, 0.5) is 15.8 Å². The number of carbonyl (C=O) groups is 4. The van der Waals surface area contributed by atoms with E-state index < -0.39 is 42.1 Å². The Morgan fingerprint density at radius 2 is 1.86 bits per heavy atom. The van der Waals surface area contributed by atoms with E-state index in [1.54, 1.807) is 38.1 Å². The number of nitrogens with two attached hydrogens (primary N) is 2. The van der Waals surface area contributed by atoms with Crippen LogP contribution in [-0.4, -0.2) is 41.2 Å². The molecule has 3 rings (SSSR count). The van der Waals surface area contributed by atoms with Crippen LogP contribution in [0.1, 0.15) is 44.3 Å². The zero-order valence-electron chi connectivity index (χ0n) is 19.5. The second-order valence-corrected chi connectivity index (χ2v) is 8.40. The van der Waals surface area contributed by atoms with E-state index in [0.29, 0.717) is 17.2 Å². The van der Waals surface area contributed by atoms with E-state index in [2.05, 4.69) is 9.69 Å². The molecule has 5 N–H and O–H groups in total. The number of amides is 3. The fourth-order valence-corrected chi connectivity index (χ4v) is 4.17. The molecule has 0 bridgehead atoms. The van der Waals surface area contributed by atoms with Gasteiger partial charge in [-0.15, -0.1) is 0 Å². The number of primary amides is 1. The molecule has 0 saturated carbocycles. The summed E-state index contributed by atoms with van der Waals surface area (Å²) < 4.78 is 22.5. The lowest BCUT2D eigenvalue weighted by molar-refractivity contribution is -0.143. The van der Waals surface area contributed by atoms with Crippen molar-refractivity contribution in [2.75, 3.05) is 23.8 Å². The van der Waals surface area contributed by atoms with Gasteiger partial charge in [-0.2, -0.15) is 4.37 Å². The highest BCUT2D eigenvalue weighted by molar-refractivity contribution is 7.09. The molecule has 10 nitrogen and oxygen atoms in total. The quantitative estimate of drug-likeness (QED) is 0.371. The number of benzene rings is 2. The Kier molecular flexibility index (Phi) is 8.33. The fraction of sp³-hybridized carbons (Fsp3) is 0.208. The molecule has 0 radical (unpaired) electrons. The average molecular weight is 514 g/mol. The Hall–Kier alpha value is -4.32. The molecule has 0 aliphatic rings. The molecule has 0 unspecified atom stereocenters. The zero-order chi connectivity index (χ0) is 26.4. The number of aromatic nitrogens is 1. The Morgan fingerprint density at radius 1 is 1.17 bits per heavy atom. The van der Waals surface area contributed by atoms with E-state index >= 15 is 0 Å². The summed E-state index contributed by atoms with van der Waals surface area (Å²) in [4.78, 5) is 51.9. The lowest BCUT2D eigenvalue weighted by Crippen LogP contribution is -2.45. The number of rotatable bonds is 9. The molecule has 12 heteroatoms. The first-order valence-electron chi connectivity index (χ1n) is 10.8. The van der Waals surface area contributed by atoms with Gasteiger partial charge in [0.2, 0.25) is 5.91 Å². The third-order valence-corrected chi connectivity index (χ3v) is 5.91. The second-order valence-electron chi connectivity index (χ2n) is 7.63. The summed E-state index contributed by atoms with van der Waals surface area (Å²) in [5.41, 5.74) is 12.2. The molecule has 3 amide bonds. The summed E-state index contributed by atoms with van der Waals surface area (Å²) in [5.74, 6) is -3.61. The van der Waals surface area contributed by atoms with Crippen LogP contribution < -0.4 is 21.7 Å². The number of ether oxygens (including phenoxy) is 1. The molecule has 2 aromatic carbocycles. The van der Waals surface area contributed by atoms with Gasteiger partial charge in [0.25, 0.3) is 11.8 Å². The standard InChI is InChI=1S/C24H24FN5O5S/c1-3-35-17(31)12-28-23(33)20(14-7-9-15(25)10-8-14)30(16-6-4-5-13(2)11-16)24(34)21-18(26)19(22(27)32)29-36-21/h4-11,20H,3,12,26H2,1-2H3,(H2,27,32)(H,28,33)/t20-/m0/s1. The lowest BCUT2D eigenvalue weighted by atomic mass is 10.0. The largest absolute Gasteiger partial charge is 0.465 e. The van der Waals surface area contributed by atoms with E-state index in [1.807, 2.05) is 0 Å². The van der Waals surface area contributed by atoms with Gasteiger partial charge < -0.3 is 21.5 Å². The summed E-state index contributed by atoms with van der Waals surface area (Å²) in [6.07, 6.45) is 0. The van der Waals surface area contributed by atoms with Crippen molar-refractivity contribution in [3.05, 3.63) is 76.0 Å². The maximum absolute atomic E-state index is 13.9. The fourth-order valence-electron chi connectivity index (χ4n) is 3.43. The average Bonchev–Trinajstić information content (AvgIpc) is 3.23. The minimum absolute atomic E-state index is 0.115. The van der Waals surface area contributed by atoms with Crippen molar-refractivity contribution >= 4 is 46.6 Å². The van der Waals surface area contributed by atoms with Crippen molar-refractivity contribution in [2.45, 2.75) is 19.9 Å². The number of halogens is 1. The molecule has 3 aromatic rings. The number of carbonyl (C=O) groups excluding carboxylic acids is 4. The van der Waals surface area contributed by atoms with Gasteiger partial charge in [0.05, 0.1) is 12.3 Å². The third-order valence-electron chi connectivity index (χ3n) is 5.06. The molecule has 188 valence electrons. The predicted octanol–water partition coefficient (Wildman–Crippen LogP) is 2.34. The zero-order valence-corrected chi connectivity index (χ0v) is 20.3. The highest BCUT2D eigenvalue weighted by Crippen LogP contribution is 2.33. The first-order chi connectivity index (χ1) is 17.1. The highest BCUT2D eigenvalue weighted by Gasteiger charge is 2.36. The van der Waals surface area contributed by atoms with Crippen LogP contribution in [0, 0.1) is 12.7 Å². The van der Waals surface area contributed by atoms with E-state index in [0.717, 1.165) is 22.6 Å². The van der Waals surface area contributed by atoms with Gasteiger partial charge >= 0.3 is 5.97 Å².